The second-order valence-corrected chi connectivity index (χ2v) is 7.32. The first-order chi connectivity index (χ1) is 14.0. The summed E-state index contributed by atoms with van der Waals surface area (Å²) in [7, 11) is 0. The minimum Gasteiger partial charge on any atom is -0.364 e. The van der Waals surface area contributed by atoms with Gasteiger partial charge >= 0.3 is 0 Å². The van der Waals surface area contributed by atoms with Crippen LogP contribution in [0.1, 0.15) is 16.1 Å². The molecule has 1 aliphatic heterocycles. The van der Waals surface area contributed by atoms with Gasteiger partial charge in [0.2, 0.25) is 0 Å². The highest BCUT2D eigenvalue weighted by atomic mass is 19.1. The van der Waals surface area contributed by atoms with Crippen molar-refractivity contribution < 1.29 is 13.6 Å². The summed E-state index contributed by atoms with van der Waals surface area (Å²) >= 11 is 0. The van der Waals surface area contributed by atoms with Gasteiger partial charge in [0.15, 0.2) is 0 Å². The molecule has 4 rings (SSSR count). The Balaban J connectivity index is 1.72. The Bertz CT molecular complexity index is 1040. The molecule has 1 fully saturated rings. The van der Waals surface area contributed by atoms with Gasteiger partial charge in [-0.25, -0.2) is 13.8 Å². The average molecular weight is 396 g/mol. The van der Waals surface area contributed by atoms with Crippen LogP contribution in [0.15, 0.2) is 48.5 Å². The van der Waals surface area contributed by atoms with Crippen LogP contribution in [-0.4, -0.2) is 48.1 Å². The number of hydrogen-bond donors (Lipinski definition) is 2. The molecular weight excluding hydrogens is 374 g/mol. The van der Waals surface area contributed by atoms with Crippen LogP contribution >= 0.6 is 0 Å². The van der Waals surface area contributed by atoms with Crippen LogP contribution in [0.4, 0.5) is 8.78 Å². The van der Waals surface area contributed by atoms with Crippen molar-refractivity contribution in [2.75, 3.05) is 26.3 Å². The number of fused-ring (bicyclic) bond motifs is 1. The third-order valence-corrected chi connectivity index (χ3v) is 5.21. The van der Waals surface area contributed by atoms with Gasteiger partial charge in [-0.3, -0.25) is 9.69 Å². The van der Waals surface area contributed by atoms with Gasteiger partial charge in [0.1, 0.15) is 18.2 Å². The maximum absolute atomic E-state index is 13.3. The van der Waals surface area contributed by atoms with Crippen molar-refractivity contribution in [1.82, 2.24) is 15.2 Å². The summed E-state index contributed by atoms with van der Waals surface area (Å²) in [5.41, 5.74) is 8.87. The van der Waals surface area contributed by atoms with Crippen molar-refractivity contribution in [1.29, 1.82) is 0 Å². The lowest BCUT2D eigenvalue weighted by Crippen LogP contribution is -2.51. The molecule has 0 radical (unpaired) electrons. The fourth-order valence-electron chi connectivity index (χ4n) is 3.77. The number of benzene rings is 2. The van der Waals surface area contributed by atoms with Crippen LogP contribution in [0.25, 0.3) is 22.0 Å². The third-order valence-electron chi connectivity index (χ3n) is 5.21. The largest absolute Gasteiger partial charge is 0.364 e. The lowest BCUT2D eigenvalue weighted by molar-refractivity contribution is 0.0996. The van der Waals surface area contributed by atoms with Crippen molar-refractivity contribution >= 4 is 16.8 Å². The second-order valence-electron chi connectivity index (χ2n) is 7.32. The summed E-state index contributed by atoms with van der Waals surface area (Å²) in [6.07, 6.45) is 0. The lowest BCUT2D eigenvalue weighted by atomic mass is 9.98. The predicted octanol–water partition coefficient (Wildman–Crippen LogP) is 2.88. The number of primary amides is 1. The molecule has 1 aliphatic rings. The molecule has 0 bridgehead atoms. The second kappa shape index (κ2) is 8.23. The van der Waals surface area contributed by atoms with Crippen molar-refractivity contribution in [3.63, 3.8) is 0 Å². The zero-order valence-corrected chi connectivity index (χ0v) is 15.9. The number of nitrogens with one attached hydrogen (secondary N) is 1. The van der Waals surface area contributed by atoms with E-state index in [4.69, 9.17) is 5.73 Å². The van der Waals surface area contributed by atoms with Crippen LogP contribution in [0, 0.1) is 5.82 Å². The van der Waals surface area contributed by atoms with Gasteiger partial charge in [-0.05, 0) is 41.0 Å². The van der Waals surface area contributed by atoms with E-state index in [1.807, 2.05) is 18.2 Å². The summed E-state index contributed by atoms with van der Waals surface area (Å²) in [6, 6.07) is 13.5. The highest BCUT2D eigenvalue weighted by molar-refractivity contribution is 6.00. The van der Waals surface area contributed by atoms with Crippen LogP contribution in [-0.2, 0) is 6.54 Å². The molecule has 0 saturated carbocycles. The van der Waals surface area contributed by atoms with Crippen LogP contribution in [0.2, 0.25) is 0 Å². The van der Waals surface area contributed by atoms with E-state index in [1.54, 1.807) is 18.2 Å². The smallest absolute Gasteiger partial charge is 0.267 e. The zero-order chi connectivity index (χ0) is 20.4. The Hall–Kier alpha value is -2.90. The number of carbonyl (C=O) groups is 1. The highest BCUT2D eigenvalue weighted by Gasteiger charge is 2.19. The molecule has 7 heteroatoms. The lowest BCUT2D eigenvalue weighted by Gasteiger charge is -2.32. The first-order valence-electron chi connectivity index (χ1n) is 9.54. The van der Waals surface area contributed by atoms with Crippen LogP contribution < -0.4 is 11.1 Å². The quantitative estimate of drug-likeness (QED) is 0.696. The maximum Gasteiger partial charge on any atom is 0.267 e. The number of pyridine rings is 1. The molecule has 2 heterocycles. The van der Waals surface area contributed by atoms with Gasteiger partial charge in [-0.2, -0.15) is 0 Å². The Morgan fingerprint density at radius 3 is 2.72 bits per heavy atom. The molecule has 1 aromatic heterocycles. The number of nitrogens with two attached hydrogens (primary N) is 1. The van der Waals surface area contributed by atoms with E-state index in [2.05, 4.69) is 15.2 Å². The van der Waals surface area contributed by atoms with Gasteiger partial charge < -0.3 is 11.1 Å². The maximum atomic E-state index is 13.3. The number of halogens is 2. The molecule has 3 N–H and O–H groups in total. The van der Waals surface area contributed by atoms with Crippen molar-refractivity contribution in [2.45, 2.75) is 12.6 Å². The molecule has 150 valence electrons. The number of alkyl halides is 1. The van der Waals surface area contributed by atoms with Crippen molar-refractivity contribution in [3.05, 3.63) is 65.6 Å². The Morgan fingerprint density at radius 2 is 2.00 bits per heavy atom. The molecule has 5 nitrogen and oxygen atoms in total. The summed E-state index contributed by atoms with van der Waals surface area (Å²) in [6.45, 7) is 2.51. The number of amides is 1. The normalized spacial score (nSPS) is 17.5. The molecular formula is C22H22F2N4O. The number of piperazine rings is 1. The molecule has 1 atom stereocenters. The van der Waals surface area contributed by atoms with Gasteiger partial charge in [0, 0.05) is 37.6 Å². The summed E-state index contributed by atoms with van der Waals surface area (Å²) in [4.78, 5) is 18.4. The van der Waals surface area contributed by atoms with E-state index in [0.717, 1.165) is 35.2 Å². The van der Waals surface area contributed by atoms with Gasteiger partial charge in [-0.1, -0.05) is 24.3 Å². The fourth-order valence-corrected chi connectivity index (χ4v) is 3.77. The summed E-state index contributed by atoms with van der Waals surface area (Å²) in [5.74, 6) is -0.944. The molecule has 0 spiro atoms. The van der Waals surface area contributed by atoms with Crippen molar-refractivity contribution in [2.24, 2.45) is 5.73 Å². The summed E-state index contributed by atoms with van der Waals surface area (Å²) < 4.78 is 26.3. The molecule has 0 aliphatic carbocycles. The Morgan fingerprint density at radius 1 is 1.21 bits per heavy atom. The minimum absolute atomic E-state index is 0.145. The first kappa shape index (κ1) is 19.4. The van der Waals surface area contributed by atoms with Crippen LogP contribution in [0.5, 0.6) is 0 Å². The number of nitrogens with zero attached hydrogens (tertiary/aromatic N) is 2. The van der Waals surface area contributed by atoms with Crippen LogP contribution in [0.3, 0.4) is 0 Å². The Kier molecular flexibility index (Phi) is 5.51. The molecule has 1 amide bonds. The van der Waals surface area contributed by atoms with Gasteiger partial charge in [0.25, 0.3) is 5.91 Å². The Labute approximate surface area is 167 Å². The van der Waals surface area contributed by atoms with E-state index < -0.39 is 12.6 Å². The number of carbonyl (C=O) groups excluding carboxylic acids is 1. The predicted molar refractivity (Wildman–Crippen MR) is 109 cm³/mol. The summed E-state index contributed by atoms with van der Waals surface area (Å²) in [5, 5.41) is 4.01. The van der Waals surface area contributed by atoms with E-state index in [-0.39, 0.29) is 17.6 Å². The first-order valence-corrected chi connectivity index (χ1v) is 9.54. The molecule has 29 heavy (non-hydrogen) atoms. The molecule has 2 aromatic carbocycles. The van der Waals surface area contributed by atoms with Gasteiger partial charge in [-0.15, -0.1) is 0 Å². The third kappa shape index (κ3) is 4.26. The topological polar surface area (TPSA) is 71.2 Å². The van der Waals surface area contributed by atoms with E-state index in [0.29, 0.717) is 18.6 Å². The number of hydrogen-bond acceptors (Lipinski definition) is 4. The van der Waals surface area contributed by atoms with E-state index in [9.17, 15) is 13.6 Å². The molecule has 1 saturated heterocycles. The average Bonchev–Trinajstić information content (AvgIpc) is 2.73. The monoisotopic (exact) mass is 396 g/mol. The van der Waals surface area contributed by atoms with Crippen molar-refractivity contribution in [3.8, 4) is 11.1 Å². The standard InChI is InChI=1S/C22H22F2N4O/c23-11-17-13-28(8-7-26-17)12-14-1-6-18-19(15-2-4-16(24)5-3-15)10-21(22(25)29)27-20(18)9-14/h1-6,9-10,17,26H,7-8,11-13H2,(H2,25,29). The van der Waals surface area contributed by atoms with Gasteiger partial charge in [0.05, 0.1) is 5.52 Å². The molecule has 1 unspecified atom stereocenters. The number of rotatable bonds is 5. The minimum atomic E-state index is -0.617. The molecule has 3 aromatic rings. The van der Waals surface area contributed by atoms with E-state index >= 15 is 0 Å². The zero-order valence-electron chi connectivity index (χ0n) is 15.9. The van der Waals surface area contributed by atoms with E-state index in [1.165, 1.54) is 12.1 Å². The number of aromatic nitrogens is 1. The fraction of sp³-hybridized carbons (Fsp3) is 0.273. The SMILES string of the molecule is NC(=O)c1cc(-c2ccc(F)cc2)c2ccc(CN3CCNC(CF)C3)cc2n1. The highest BCUT2D eigenvalue weighted by Crippen LogP contribution is 2.30.